The summed E-state index contributed by atoms with van der Waals surface area (Å²) in [6, 6.07) is 8.93. The second-order valence-electron chi connectivity index (χ2n) is 3.88. The zero-order valence-corrected chi connectivity index (χ0v) is 11.7. The van der Waals surface area contributed by atoms with Crippen molar-refractivity contribution in [1.82, 2.24) is 0 Å². The second-order valence-corrected chi connectivity index (χ2v) is 4.99. The number of para-hydroxylation sites is 1. The standard InChI is InChI=1S/C10H11NO3.C3H6N2S/c12-9(6-7-10(13)14)11-8-4-2-1-3-5-8;4-3-5-1-2-6-3/h1-5H,6-7H2,(H,11,12)(H,13,14);1-2H2,(H2,4,5). The van der Waals surface area contributed by atoms with Crippen molar-refractivity contribution >= 4 is 34.5 Å². The Morgan fingerprint density at radius 2 is 2.00 bits per heavy atom. The number of carbonyl (C=O) groups excluding carboxylic acids is 1. The average Bonchev–Trinajstić information content (AvgIpc) is 2.89. The van der Waals surface area contributed by atoms with Crippen molar-refractivity contribution in [1.29, 1.82) is 0 Å². The van der Waals surface area contributed by atoms with E-state index < -0.39 is 5.97 Å². The van der Waals surface area contributed by atoms with E-state index in [1.54, 1.807) is 36.0 Å². The molecule has 2 rings (SSSR count). The molecule has 20 heavy (non-hydrogen) atoms. The summed E-state index contributed by atoms with van der Waals surface area (Å²) in [5.41, 5.74) is 5.93. The van der Waals surface area contributed by atoms with Crippen LogP contribution in [0.5, 0.6) is 0 Å². The molecule has 0 unspecified atom stereocenters. The number of hydrogen-bond donors (Lipinski definition) is 3. The SMILES string of the molecule is NC1=NCCS1.O=C(O)CCC(=O)Nc1ccccc1. The van der Waals surface area contributed by atoms with Crippen molar-refractivity contribution in [2.75, 3.05) is 17.6 Å². The van der Waals surface area contributed by atoms with Gasteiger partial charge in [-0.3, -0.25) is 14.6 Å². The Morgan fingerprint density at radius 1 is 1.30 bits per heavy atom. The molecule has 0 spiro atoms. The lowest BCUT2D eigenvalue weighted by Gasteiger charge is -2.02. The maximum absolute atomic E-state index is 11.1. The number of carbonyl (C=O) groups is 2. The first-order valence-electron chi connectivity index (χ1n) is 6.07. The lowest BCUT2D eigenvalue weighted by Crippen LogP contribution is -2.12. The lowest BCUT2D eigenvalue weighted by atomic mass is 10.2. The van der Waals surface area contributed by atoms with Gasteiger partial charge in [0.25, 0.3) is 0 Å². The maximum atomic E-state index is 11.1. The monoisotopic (exact) mass is 295 g/mol. The number of carboxylic acid groups (broad SMARTS) is 1. The van der Waals surface area contributed by atoms with Crippen LogP contribution in [0.4, 0.5) is 5.69 Å². The van der Waals surface area contributed by atoms with Gasteiger partial charge in [-0.1, -0.05) is 30.0 Å². The number of nitrogens with one attached hydrogen (secondary N) is 1. The van der Waals surface area contributed by atoms with Gasteiger partial charge in [0.15, 0.2) is 5.17 Å². The molecule has 0 aromatic heterocycles. The second kappa shape index (κ2) is 8.98. The summed E-state index contributed by atoms with van der Waals surface area (Å²) in [4.78, 5) is 25.2. The molecule has 0 fully saturated rings. The summed E-state index contributed by atoms with van der Waals surface area (Å²) in [6.07, 6.45) is -0.136. The predicted octanol–water partition coefficient (Wildman–Crippen LogP) is 1.54. The fraction of sp³-hybridized carbons (Fsp3) is 0.308. The van der Waals surface area contributed by atoms with E-state index in [1.165, 1.54) is 0 Å². The molecule has 0 saturated carbocycles. The Balaban J connectivity index is 0.000000276. The van der Waals surface area contributed by atoms with E-state index in [2.05, 4.69) is 10.3 Å². The molecule has 6 nitrogen and oxygen atoms in total. The van der Waals surface area contributed by atoms with Crippen molar-refractivity contribution in [3.8, 4) is 0 Å². The third kappa shape index (κ3) is 7.42. The molecule has 0 aliphatic carbocycles. The quantitative estimate of drug-likeness (QED) is 0.781. The number of anilines is 1. The minimum atomic E-state index is -0.965. The highest BCUT2D eigenvalue weighted by Crippen LogP contribution is 2.06. The third-order valence-corrected chi connectivity index (χ3v) is 3.04. The van der Waals surface area contributed by atoms with Gasteiger partial charge in [-0.2, -0.15) is 0 Å². The number of nitrogens with zero attached hydrogens (tertiary/aromatic N) is 1. The molecular weight excluding hydrogens is 278 g/mol. The minimum absolute atomic E-state index is 0.00419. The maximum Gasteiger partial charge on any atom is 0.303 e. The van der Waals surface area contributed by atoms with E-state index in [0.29, 0.717) is 5.69 Å². The normalized spacial score (nSPS) is 12.9. The summed E-state index contributed by atoms with van der Waals surface area (Å²) in [5, 5.41) is 11.7. The Kier molecular flexibility index (Phi) is 7.20. The summed E-state index contributed by atoms with van der Waals surface area (Å²) < 4.78 is 0. The molecule has 7 heteroatoms. The Labute approximate surface area is 121 Å². The van der Waals surface area contributed by atoms with Crippen LogP contribution >= 0.6 is 11.8 Å². The molecule has 0 radical (unpaired) electrons. The van der Waals surface area contributed by atoms with Gasteiger partial charge in [0, 0.05) is 17.9 Å². The number of benzene rings is 1. The Bertz CT molecular complexity index is 477. The zero-order chi connectivity index (χ0) is 14.8. The molecule has 4 N–H and O–H groups in total. The number of rotatable bonds is 4. The number of nitrogens with two attached hydrogens (primary N) is 1. The zero-order valence-electron chi connectivity index (χ0n) is 10.9. The van der Waals surface area contributed by atoms with Crippen LogP contribution in [0.2, 0.25) is 0 Å². The van der Waals surface area contributed by atoms with Crippen molar-refractivity contribution in [2.45, 2.75) is 12.8 Å². The van der Waals surface area contributed by atoms with Crippen LogP contribution in [-0.2, 0) is 9.59 Å². The smallest absolute Gasteiger partial charge is 0.303 e. The number of aliphatic imine (C=N–C) groups is 1. The van der Waals surface area contributed by atoms with Crippen LogP contribution in [-0.4, -0.2) is 34.4 Å². The number of thioether (sulfide) groups is 1. The third-order valence-electron chi connectivity index (χ3n) is 2.23. The van der Waals surface area contributed by atoms with Crippen molar-refractivity contribution < 1.29 is 14.7 Å². The van der Waals surface area contributed by atoms with Crippen molar-refractivity contribution in [3.05, 3.63) is 30.3 Å². The van der Waals surface area contributed by atoms with Gasteiger partial charge < -0.3 is 16.2 Å². The van der Waals surface area contributed by atoms with Crippen molar-refractivity contribution in [2.24, 2.45) is 10.7 Å². The van der Waals surface area contributed by atoms with Crippen LogP contribution in [0.25, 0.3) is 0 Å². The lowest BCUT2D eigenvalue weighted by molar-refractivity contribution is -0.138. The molecule has 1 amide bonds. The Hall–Kier alpha value is -2.02. The van der Waals surface area contributed by atoms with Crippen LogP contribution in [0.3, 0.4) is 0 Å². The topological polar surface area (TPSA) is 105 Å². The first kappa shape index (κ1) is 16.0. The summed E-state index contributed by atoms with van der Waals surface area (Å²) in [6.45, 7) is 0.913. The van der Waals surface area contributed by atoms with E-state index in [9.17, 15) is 9.59 Å². The van der Waals surface area contributed by atoms with Gasteiger partial charge in [-0.25, -0.2) is 0 Å². The molecule has 108 valence electrons. The molecule has 0 atom stereocenters. The van der Waals surface area contributed by atoms with Crippen LogP contribution < -0.4 is 11.1 Å². The first-order valence-corrected chi connectivity index (χ1v) is 7.06. The molecule has 1 heterocycles. The van der Waals surface area contributed by atoms with Gasteiger partial charge in [0.05, 0.1) is 13.0 Å². The van der Waals surface area contributed by atoms with Gasteiger partial charge in [-0.05, 0) is 12.1 Å². The molecule has 0 saturated heterocycles. The fourth-order valence-electron chi connectivity index (χ4n) is 1.32. The van der Waals surface area contributed by atoms with E-state index in [0.717, 1.165) is 17.5 Å². The van der Waals surface area contributed by atoms with E-state index in [-0.39, 0.29) is 18.7 Å². The number of amidine groups is 1. The largest absolute Gasteiger partial charge is 0.481 e. The van der Waals surface area contributed by atoms with E-state index >= 15 is 0 Å². The Morgan fingerprint density at radius 3 is 2.45 bits per heavy atom. The van der Waals surface area contributed by atoms with E-state index in [1.807, 2.05) is 6.07 Å². The van der Waals surface area contributed by atoms with Crippen LogP contribution in [0.1, 0.15) is 12.8 Å². The highest BCUT2D eigenvalue weighted by atomic mass is 32.2. The van der Waals surface area contributed by atoms with Gasteiger partial charge in [-0.15, -0.1) is 0 Å². The average molecular weight is 295 g/mol. The molecule has 1 aromatic rings. The summed E-state index contributed by atoms with van der Waals surface area (Å²) >= 11 is 1.62. The van der Waals surface area contributed by atoms with Crippen LogP contribution in [0.15, 0.2) is 35.3 Å². The van der Waals surface area contributed by atoms with Gasteiger partial charge in [0.2, 0.25) is 5.91 Å². The molecular formula is C13H17N3O3S. The summed E-state index contributed by atoms with van der Waals surface area (Å²) in [7, 11) is 0. The highest BCUT2D eigenvalue weighted by Gasteiger charge is 2.04. The molecule has 1 aliphatic heterocycles. The molecule has 1 aliphatic rings. The predicted molar refractivity (Wildman–Crippen MR) is 80.9 cm³/mol. The van der Waals surface area contributed by atoms with Crippen LogP contribution in [0, 0.1) is 0 Å². The van der Waals surface area contributed by atoms with Crippen molar-refractivity contribution in [3.63, 3.8) is 0 Å². The first-order chi connectivity index (χ1) is 9.58. The van der Waals surface area contributed by atoms with E-state index in [4.69, 9.17) is 10.8 Å². The fourth-order valence-corrected chi connectivity index (χ4v) is 1.89. The number of carboxylic acids is 1. The highest BCUT2D eigenvalue weighted by molar-refractivity contribution is 8.14. The minimum Gasteiger partial charge on any atom is -0.481 e. The number of aliphatic carboxylic acids is 1. The van der Waals surface area contributed by atoms with Gasteiger partial charge >= 0.3 is 5.97 Å². The summed E-state index contributed by atoms with van der Waals surface area (Å²) in [5.74, 6) is -0.168. The molecule has 0 bridgehead atoms. The number of amides is 1. The molecule has 1 aromatic carbocycles. The number of hydrogen-bond acceptors (Lipinski definition) is 5. The van der Waals surface area contributed by atoms with Gasteiger partial charge in [0.1, 0.15) is 0 Å².